The Labute approximate surface area is 166 Å². The van der Waals surface area contributed by atoms with Crippen LogP contribution in [0.25, 0.3) is 0 Å². The van der Waals surface area contributed by atoms with Crippen molar-refractivity contribution < 1.29 is 14.3 Å². The molecule has 0 aliphatic carbocycles. The standard InChI is InChI=1S/C24H25NO3/c1-16-8-5-6-11-21(16)28-15-20-14-19(12-13-22(20)27-4)24(26)25-23-17(2)9-7-10-18(23)3/h5-14H,15H2,1-4H3,(H,25,26). The van der Waals surface area contributed by atoms with Crippen LogP contribution in [-0.2, 0) is 6.61 Å². The second-order valence-corrected chi connectivity index (χ2v) is 6.80. The van der Waals surface area contributed by atoms with Crippen LogP contribution >= 0.6 is 0 Å². The van der Waals surface area contributed by atoms with Crippen LogP contribution in [0.4, 0.5) is 5.69 Å². The molecule has 3 rings (SSSR count). The van der Waals surface area contributed by atoms with E-state index in [2.05, 4.69) is 5.32 Å². The summed E-state index contributed by atoms with van der Waals surface area (Å²) in [5.74, 6) is 1.35. The number of nitrogens with one attached hydrogen (secondary N) is 1. The molecule has 0 atom stereocenters. The van der Waals surface area contributed by atoms with Crippen molar-refractivity contribution in [3.05, 3.63) is 88.5 Å². The lowest BCUT2D eigenvalue weighted by Crippen LogP contribution is -2.14. The van der Waals surface area contributed by atoms with E-state index < -0.39 is 0 Å². The molecule has 4 nitrogen and oxygen atoms in total. The first-order valence-electron chi connectivity index (χ1n) is 9.22. The normalized spacial score (nSPS) is 10.4. The van der Waals surface area contributed by atoms with Gasteiger partial charge in [0.15, 0.2) is 0 Å². The van der Waals surface area contributed by atoms with Gasteiger partial charge in [-0.25, -0.2) is 0 Å². The summed E-state index contributed by atoms with van der Waals surface area (Å²) in [5, 5.41) is 3.02. The van der Waals surface area contributed by atoms with Crippen molar-refractivity contribution in [2.24, 2.45) is 0 Å². The Morgan fingerprint density at radius 1 is 0.857 bits per heavy atom. The van der Waals surface area contributed by atoms with Gasteiger partial charge in [0, 0.05) is 16.8 Å². The Hall–Kier alpha value is -3.27. The molecular formula is C24H25NO3. The Balaban J connectivity index is 1.82. The largest absolute Gasteiger partial charge is 0.496 e. The van der Waals surface area contributed by atoms with Gasteiger partial charge in [0.1, 0.15) is 18.1 Å². The Morgan fingerprint density at radius 3 is 2.21 bits per heavy atom. The van der Waals surface area contributed by atoms with Gasteiger partial charge in [0.2, 0.25) is 0 Å². The van der Waals surface area contributed by atoms with E-state index in [-0.39, 0.29) is 5.91 Å². The van der Waals surface area contributed by atoms with Crippen molar-refractivity contribution in [1.82, 2.24) is 0 Å². The Kier molecular flexibility index (Phi) is 5.99. The molecule has 0 unspecified atom stereocenters. The van der Waals surface area contributed by atoms with Gasteiger partial charge in [-0.05, 0) is 61.7 Å². The molecule has 0 radical (unpaired) electrons. The average Bonchev–Trinajstić information content (AvgIpc) is 2.70. The van der Waals surface area contributed by atoms with Gasteiger partial charge in [0.25, 0.3) is 5.91 Å². The van der Waals surface area contributed by atoms with Crippen LogP contribution in [-0.4, -0.2) is 13.0 Å². The van der Waals surface area contributed by atoms with Crippen molar-refractivity contribution >= 4 is 11.6 Å². The number of para-hydroxylation sites is 2. The van der Waals surface area contributed by atoms with Crippen LogP contribution in [0.2, 0.25) is 0 Å². The van der Waals surface area contributed by atoms with Crippen LogP contribution in [0.15, 0.2) is 60.7 Å². The maximum absolute atomic E-state index is 12.8. The minimum Gasteiger partial charge on any atom is -0.496 e. The fourth-order valence-corrected chi connectivity index (χ4v) is 3.10. The SMILES string of the molecule is COc1ccc(C(=O)Nc2c(C)cccc2C)cc1COc1ccccc1C. The van der Waals surface area contributed by atoms with Gasteiger partial charge >= 0.3 is 0 Å². The third-order valence-electron chi connectivity index (χ3n) is 4.74. The predicted molar refractivity (Wildman–Crippen MR) is 112 cm³/mol. The molecule has 0 spiro atoms. The van der Waals surface area contributed by atoms with Crippen molar-refractivity contribution in [2.75, 3.05) is 12.4 Å². The van der Waals surface area contributed by atoms with Gasteiger partial charge in [-0.3, -0.25) is 4.79 Å². The molecule has 4 heteroatoms. The minimum atomic E-state index is -0.155. The highest BCUT2D eigenvalue weighted by Crippen LogP contribution is 2.25. The van der Waals surface area contributed by atoms with Crippen molar-refractivity contribution in [3.8, 4) is 11.5 Å². The topological polar surface area (TPSA) is 47.6 Å². The molecule has 0 aliphatic heterocycles. The number of hydrogen-bond donors (Lipinski definition) is 1. The van der Waals surface area contributed by atoms with E-state index in [4.69, 9.17) is 9.47 Å². The average molecular weight is 375 g/mol. The lowest BCUT2D eigenvalue weighted by molar-refractivity contribution is 0.102. The third-order valence-corrected chi connectivity index (χ3v) is 4.74. The Bertz CT molecular complexity index is 975. The summed E-state index contributed by atoms with van der Waals surface area (Å²) < 4.78 is 11.4. The molecule has 0 saturated carbocycles. The van der Waals surface area contributed by atoms with Crippen molar-refractivity contribution in [2.45, 2.75) is 27.4 Å². The van der Waals surface area contributed by atoms with Crippen molar-refractivity contribution in [1.29, 1.82) is 0 Å². The van der Waals surface area contributed by atoms with Crippen LogP contribution in [0.5, 0.6) is 11.5 Å². The molecular weight excluding hydrogens is 350 g/mol. The smallest absolute Gasteiger partial charge is 0.255 e. The number of aryl methyl sites for hydroxylation is 3. The summed E-state index contributed by atoms with van der Waals surface area (Å²) in [6.07, 6.45) is 0. The number of amides is 1. The lowest BCUT2D eigenvalue weighted by atomic mass is 10.1. The summed E-state index contributed by atoms with van der Waals surface area (Å²) in [6.45, 7) is 6.29. The summed E-state index contributed by atoms with van der Waals surface area (Å²) in [6, 6.07) is 19.2. The number of carbonyl (C=O) groups is 1. The number of methoxy groups -OCH3 is 1. The minimum absolute atomic E-state index is 0.155. The molecule has 0 bridgehead atoms. The monoisotopic (exact) mass is 375 g/mol. The van der Waals surface area contributed by atoms with Crippen LogP contribution in [0.1, 0.15) is 32.6 Å². The van der Waals surface area contributed by atoms with Crippen LogP contribution < -0.4 is 14.8 Å². The van der Waals surface area contributed by atoms with Crippen LogP contribution in [0, 0.1) is 20.8 Å². The molecule has 28 heavy (non-hydrogen) atoms. The highest BCUT2D eigenvalue weighted by molar-refractivity contribution is 6.05. The number of hydrogen-bond acceptors (Lipinski definition) is 3. The van der Waals surface area contributed by atoms with E-state index >= 15 is 0 Å². The number of rotatable bonds is 6. The molecule has 0 heterocycles. The predicted octanol–water partition coefficient (Wildman–Crippen LogP) is 5.45. The van der Waals surface area contributed by atoms with Gasteiger partial charge < -0.3 is 14.8 Å². The molecule has 0 saturated heterocycles. The first-order chi connectivity index (χ1) is 13.5. The van der Waals surface area contributed by atoms with E-state index in [1.54, 1.807) is 19.2 Å². The summed E-state index contributed by atoms with van der Waals surface area (Å²) in [7, 11) is 1.61. The molecule has 144 valence electrons. The fraction of sp³-hybridized carbons (Fsp3) is 0.208. The molecule has 1 amide bonds. The molecule has 0 aliphatic rings. The first-order valence-corrected chi connectivity index (χ1v) is 9.22. The van der Waals surface area contributed by atoms with E-state index in [0.717, 1.165) is 33.7 Å². The number of carbonyl (C=O) groups excluding carboxylic acids is 1. The molecule has 0 aromatic heterocycles. The fourth-order valence-electron chi connectivity index (χ4n) is 3.10. The second-order valence-electron chi connectivity index (χ2n) is 6.80. The first kappa shape index (κ1) is 19.5. The van der Waals surface area contributed by atoms with E-state index in [9.17, 15) is 4.79 Å². The van der Waals surface area contributed by atoms with E-state index in [1.165, 1.54) is 0 Å². The number of benzene rings is 3. The molecule has 1 N–H and O–H groups in total. The van der Waals surface area contributed by atoms with Crippen LogP contribution in [0.3, 0.4) is 0 Å². The maximum Gasteiger partial charge on any atom is 0.255 e. The van der Waals surface area contributed by atoms with E-state index in [0.29, 0.717) is 17.9 Å². The zero-order chi connectivity index (χ0) is 20.1. The van der Waals surface area contributed by atoms with Crippen molar-refractivity contribution in [3.63, 3.8) is 0 Å². The summed E-state index contributed by atoms with van der Waals surface area (Å²) in [4.78, 5) is 12.8. The summed E-state index contributed by atoms with van der Waals surface area (Å²) >= 11 is 0. The van der Waals surface area contributed by atoms with Gasteiger partial charge in [-0.15, -0.1) is 0 Å². The number of anilines is 1. The van der Waals surface area contributed by atoms with Gasteiger partial charge in [-0.2, -0.15) is 0 Å². The molecule has 0 fully saturated rings. The highest BCUT2D eigenvalue weighted by atomic mass is 16.5. The third kappa shape index (κ3) is 4.34. The maximum atomic E-state index is 12.8. The van der Waals surface area contributed by atoms with Gasteiger partial charge in [0.05, 0.1) is 7.11 Å². The quantitative estimate of drug-likeness (QED) is 0.623. The summed E-state index contributed by atoms with van der Waals surface area (Å²) in [5.41, 5.74) is 5.35. The number of ether oxygens (including phenoxy) is 2. The zero-order valence-corrected chi connectivity index (χ0v) is 16.7. The highest BCUT2D eigenvalue weighted by Gasteiger charge is 2.13. The van der Waals surface area contributed by atoms with Gasteiger partial charge in [-0.1, -0.05) is 36.4 Å². The molecule has 3 aromatic carbocycles. The lowest BCUT2D eigenvalue weighted by Gasteiger charge is -2.15. The molecule has 3 aromatic rings. The van der Waals surface area contributed by atoms with E-state index in [1.807, 2.05) is 69.3 Å². The zero-order valence-electron chi connectivity index (χ0n) is 16.7. The second kappa shape index (κ2) is 8.61. The Morgan fingerprint density at radius 2 is 1.54 bits per heavy atom.